The van der Waals surface area contributed by atoms with E-state index in [-0.39, 0.29) is 6.04 Å². The molecule has 0 saturated heterocycles. The summed E-state index contributed by atoms with van der Waals surface area (Å²) in [4.78, 5) is 0. The maximum Gasteiger partial charge on any atom is 0.162 e. The summed E-state index contributed by atoms with van der Waals surface area (Å²) in [7, 11) is 0. The summed E-state index contributed by atoms with van der Waals surface area (Å²) in [5.41, 5.74) is 6.56. The molecule has 0 bridgehead atoms. The largest absolute Gasteiger partial charge is 0.327 e. The van der Waals surface area contributed by atoms with Crippen molar-refractivity contribution in [2.75, 3.05) is 0 Å². The van der Waals surface area contributed by atoms with Gasteiger partial charge in [-0.2, -0.15) is 0 Å². The molecule has 0 radical (unpaired) electrons. The predicted molar refractivity (Wildman–Crippen MR) is 69.2 cm³/mol. The zero-order chi connectivity index (χ0) is 13.1. The first-order valence-electron chi connectivity index (χ1n) is 6.80. The molecule has 1 saturated carbocycles. The molecule has 1 fully saturated rings. The minimum absolute atomic E-state index is 0.0575. The van der Waals surface area contributed by atoms with Crippen LogP contribution >= 0.6 is 0 Å². The molecular formula is C15H21F2N. The lowest BCUT2D eigenvalue weighted by molar-refractivity contribution is 0.398. The van der Waals surface area contributed by atoms with E-state index in [0.29, 0.717) is 17.9 Å². The highest BCUT2D eigenvalue weighted by Crippen LogP contribution is 2.35. The van der Waals surface area contributed by atoms with Crippen molar-refractivity contribution in [1.29, 1.82) is 0 Å². The van der Waals surface area contributed by atoms with Crippen LogP contribution in [0.25, 0.3) is 0 Å². The molecule has 0 heterocycles. The first-order valence-corrected chi connectivity index (χ1v) is 6.80. The third-order valence-corrected chi connectivity index (χ3v) is 4.25. The molecule has 1 nitrogen and oxygen atoms in total. The Labute approximate surface area is 107 Å². The van der Waals surface area contributed by atoms with E-state index in [4.69, 9.17) is 5.73 Å². The van der Waals surface area contributed by atoms with Gasteiger partial charge < -0.3 is 5.73 Å². The quantitative estimate of drug-likeness (QED) is 0.870. The van der Waals surface area contributed by atoms with Crippen molar-refractivity contribution in [2.45, 2.75) is 45.1 Å². The van der Waals surface area contributed by atoms with Crippen LogP contribution in [-0.4, -0.2) is 6.04 Å². The highest BCUT2D eigenvalue weighted by atomic mass is 19.2. The third kappa shape index (κ3) is 2.89. The Morgan fingerprint density at radius 1 is 1.33 bits per heavy atom. The monoisotopic (exact) mass is 253 g/mol. The molecule has 3 heteroatoms. The molecule has 1 aromatic rings. The van der Waals surface area contributed by atoms with Gasteiger partial charge in [0.15, 0.2) is 11.6 Å². The standard InChI is InChI=1S/C15H21F2N/c1-2-10-6-7-11(8-10)14(18)9-12-4-3-5-13(16)15(12)17/h3-5,10-11,14H,2,6-9,18H2,1H3. The van der Waals surface area contributed by atoms with Crippen molar-refractivity contribution >= 4 is 0 Å². The fourth-order valence-electron chi connectivity index (χ4n) is 3.00. The Kier molecular flexibility index (Phi) is 4.33. The van der Waals surface area contributed by atoms with Crippen molar-refractivity contribution in [2.24, 2.45) is 17.6 Å². The Hall–Kier alpha value is -0.960. The Bertz CT molecular complexity index is 405. The zero-order valence-corrected chi connectivity index (χ0v) is 10.8. The Balaban J connectivity index is 1.99. The molecule has 0 aromatic heterocycles. The number of hydrogen-bond donors (Lipinski definition) is 1. The summed E-state index contributed by atoms with van der Waals surface area (Å²) in [6.45, 7) is 2.20. The molecule has 3 unspecified atom stereocenters. The lowest BCUT2D eigenvalue weighted by atomic mass is 9.91. The van der Waals surface area contributed by atoms with Crippen LogP contribution in [0.5, 0.6) is 0 Å². The number of nitrogens with two attached hydrogens (primary N) is 1. The lowest BCUT2D eigenvalue weighted by Gasteiger charge is -2.19. The molecule has 3 atom stereocenters. The predicted octanol–water partition coefficient (Wildman–Crippen LogP) is 3.66. The van der Waals surface area contributed by atoms with Gasteiger partial charge in [0.1, 0.15) is 0 Å². The normalized spacial score (nSPS) is 25.3. The molecule has 100 valence electrons. The number of rotatable bonds is 4. The van der Waals surface area contributed by atoms with Gasteiger partial charge >= 0.3 is 0 Å². The summed E-state index contributed by atoms with van der Waals surface area (Å²) in [6, 6.07) is 4.26. The van der Waals surface area contributed by atoms with Crippen LogP contribution in [0.3, 0.4) is 0 Å². The molecule has 2 N–H and O–H groups in total. The topological polar surface area (TPSA) is 26.0 Å². The highest BCUT2D eigenvalue weighted by Gasteiger charge is 2.28. The molecule has 0 aliphatic heterocycles. The smallest absolute Gasteiger partial charge is 0.162 e. The molecular weight excluding hydrogens is 232 g/mol. The van der Waals surface area contributed by atoms with Gasteiger partial charge in [0.05, 0.1) is 0 Å². The van der Waals surface area contributed by atoms with Gasteiger partial charge in [-0.1, -0.05) is 31.9 Å². The summed E-state index contributed by atoms with van der Waals surface area (Å²) in [6.07, 6.45) is 5.11. The van der Waals surface area contributed by atoms with E-state index < -0.39 is 11.6 Å². The third-order valence-electron chi connectivity index (χ3n) is 4.25. The SMILES string of the molecule is CCC1CCC(C(N)Cc2cccc(F)c2F)C1. The second-order valence-electron chi connectivity index (χ2n) is 5.43. The van der Waals surface area contributed by atoms with Gasteiger partial charge in [-0.15, -0.1) is 0 Å². The zero-order valence-electron chi connectivity index (χ0n) is 10.8. The first kappa shape index (κ1) is 13.5. The lowest BCUT2D eigenvalue weighted by Crippen LogP contribution is -2.31. The maximum absolute atomic E-state index is 13.6. The van der Waals surface area contributed by atoms with Gasteiger partial charge in [-0.3, -0.25) is 0 Å². The second kappa shape index (κ2) is 5.79. The number of hydrogen-bond acceptors (Lipinski definition) is 1. The Morgan fingerprint density at radius 3 is 2.78 bits per heavy atom. The molecule has 2 rings (SSSR count). The van der Waals surface area contributed by atoms with Crippen molar-refractivity contribution < 1.29 is 8.78 Å². The van der Waals surface area contributed by atoms with Gasteiger partial charge in [0.2, 0.25) is 0 Å². The van der Waals surface area contributed by atoms with Gasteiger partial charge in [0, 0.05) is 6.04 Å². The van der Waals surface area contributed by atoms with Gasteiger partial charge in [-0.25, -0.2) is 8.78 Å². The molecule has 0 amide bonds. The van der Waals surface area contributed by atoms with Crippen LogP contribution in [0.2, 0.25) is 0 Å². The van der Waals surface area contributed by atoms with Gasteiger partial charge in [0.25, 0.3) is 0 Å². The number of halogens is 2. The maximum atomic E-state index is 13.6. The van der Waals surface area contributed by atoms with E-state index in [0.717, 1.165) is 24.8 Å². The van der Waals surface area contributed by atoms with Crippen LogP contribution in [0, 0.1) is 23.5 Å². The average molecular weight is 253 g/mol. The minimum atomic E-state index is -0.780. The van der Waals surface area contributed by atoms with Crippen LogP contribution in [0.15, 0.2) is 18.2 Å². The van der Waals surface area contributed by atoms with Crippen LogP contribution in [0.1, 0.15) is 38.2 Å². The van der Waals surface area contributed by atoms with Gasteiger partial charge in [-0.05, 0) is 42.7 Å². The summed E-state index contributed by atoms with van der Waals surface area (Å²) in [5.74, 6) is -0.299. The van der Waals surface area contributed by atoms with Crippen molar-refractivity contribution in [3.8, 4) is 0 Å². The van der Waals surface area contributed by atoms with Crippen LogP contribution in [-0.2, 0) is 6.42 Å². The average Bonchev–Trinajstić information content (AvgIpc) is 2.83. The van der Waals surface area contributed by atoms with E-state index in [1.807, 2.05) is 0 Å². The molecule has 0 spiro atoms. The van der Waals surface area contributed by atoms with E-state index >= 15 is 0 Å². The van der Waals surface area contributed by atoms with E-state index in [9.17, 15) is 8.78 Å². The van der Waals surface area contributed by atoms with E-state index in [2.05, 4.69) is 6.92 Å². The molecule has 1 aliphatic rings. The molecule has 1 aliphatic carbocycles. The number of benzene rings is 1. The summed E-state index contributed by atoms with van der Waals surface area (Å²) < 4.78 is 26.7. The first-order chi connectivity index (χ1) is 8.61. The fraction of sp³-hybridized carbons (Fsp3) is 0.600. The highest BCUT2D eigenvalue weighted by molar-refractivity contribution is 5.20. The molecule has 18 heavy (non-hydrogen) atoms. The summed E-state index contributed by atoms with van der Waals surface area (Å²) >= 11 is 0. The van der Waals surface area contributed by atoms with Crippen LogP contribution in [0.4, 0.5) is 8.78 Å². The Morgan fingerprint density at radius 2 is 2.11 bits per heavy atom. The van der Waals surface area contributed by atoms with Crippen LogP contribution < -0.4 is 5.73 Å². The summed E-state index contributed by atoms with van der Waals surface area (Å²) in [5, 5.41) is 0. The van der Waals surface area contributed by atoms with Crippen molar-refractivity contribution in [3.05, 3.63) is 35.4 Å². The minimum Gasteiger partial charge on any atom is -0.327 e. The van der Waals surface area contributed by atoms with E-state index in [1.165, 1.54) is 12.8 Å². The fourth-order valence-corrected chi connectivity index (χ4v) is 3.00. The van der Waals surface area contributed by atoms with Crippen molar-refractivity contribution in [1.82, 2.24) is 0 Å². The van der Waals surface area contributed by atoms with Crippen molar-refractivity contribution in [3.63, 3.8) is 0 Å². The molecule has 1 aromatic carbocycles. The van der Waals surface area contributed by atoms with E-state index in [1.54, 1.807) is 12.1 Å². The second-order valence-corrected chi connectivity index (χ2v) is 5.43.